The maximum atomic E-state index is 13.4. The topological polar surface area (TPSA) is 61.8 Å². The number of carbonyl (C=O) groups excluding carboxylic acids is 1. The SMILES string of the molecule is CCn1c(=C2SC(=Nc3scc[n+]3C)N(C(C)C)C2=O)sc(=C2SCCN2C)c1=O. The van der Waals surface area contributed by atoms with Crippen molar-refractivity contribution in [3.8, 4) is 0 Å². The summed E-state index contributed by atoms with van der Waals surface area (Å²) in [5, 5.41) is 4.47. The number of aromatic nitrogens is 2. The van der Waals surface area contributed by atoms with Crippen LogP contribution in [0.15, 0.2) is 21.4 Å². The van der Waals surface area contributed by atoms with E-state index in [1.807, 2.05) is 51.0 Å². The lowest BCUT2D eigenvalue weighted by molar-refractivity contribution is -0.653. The van der Waals surface area contributed by atoms with E-state index < -0.39 is 0 Å². The van der Waals surface area contributed by atoms with Crippen LogP contribution in [0.2, 0.25) is 0 Å². The van der Waals surface area contributed by atoms with Crippen molar-refractivity contribution < 1.29 is 9.36 Å². The van der Waals surface area contributed by atoms with Gasteiger partial charge < -0.3 is 4.90 Å². The van der Waals surface area contributed by atoms with Crippen LogP contribution in [0.3, 0.4) is 0 Å². The molecule has 2 aliphatic heterocycles. The van der Waals surface area contributed by atoms with Crippen molar-refractivity contribution in [3.63, 3.8) is 0 Å². The number of amidine groups is 1. The predicted octanol–water partition coefficient (Wildman–Crippen LogP) is 1.34. The van der Waals surface area contributed by atoms with E-state index in [-0.39, 0.29) is 17.5 Å². The summed E-state index contributed by atoms with van der Waals surface area (Å²) in [5.74, 6) is 0.894. The number of aliphatic imine (C=N–C) groups is 1. The van der Waals surface area contributed by atoms with Crippen LogP contribution in [0.5, 0.6) is 0 Å². The minimum absolute atomic E-state index is 0.0132. The number of nitrogens with zero attached hydrogens (tertiary/aromatic N) is 5. The van der Waals surface area contributed by atoms with Crippen molar-refractivity contribution in [1.29, 1.82) is 0 Å². The molecule has 0 aromatic carbocycles. The maximum absolute atomic E-state index is 13.4. The molecule has 160 valence electrons. The third kappa shape index (κ3) is 3.65. The van der Waals surface area contributed by atoms with E-state index in [1.54, 1.807) is 21.2 Å². The molecule has 0 spiro atoms. The summed E-state index contributed by atoms with van der Waals surface area (Å²) >= 11 is 6.03. The Morgan fingerprint density at radius 1 is 1.30 bits per heavy atom. The number of carbonyl (C=O) groups is 1. The Morgan fingerprint density at radius 2 is 2.07 bits per heavy atom. The van der Waals surface area contributed by atoms with Crippen LogP contribution in [0.4, 0.5) is 5.13 Å². The van der Waals surface area contributed by atoms with Crippen molar-refractivity contribution in [2.75, 3.05) is 19.3 Å². The summed E-state index contributed by atoms with van der Waals surface area (Å²) in [6, 6.07) is -0.0290. The minimum Gasteiger partial charge on any atom is -0.367 e. The molecule has 4 rings (SSSR count). The van der Waals surface area contributed by atoms with Crippen molar-refractivity contribution in [2.45, 2.75) is 33.4 Å². The van der Waals surface area contributed by atoms with E-state index in [1.165, 1.54) is 34.4 Å². The molecule has 7 nitrogen and oxygen atoms in total. The summed E-state index contributed by atoms with van der Waals surface area (Å²) in [6.07, 6.45) is 1.95. The van der Waals surface area contributed by atoms with Gasteiger partial charge in [-0.3, -0.25) is 19.1 Å². The van der Waals surface area contributed by atoms with E-state index >= 15 is 0 Å². The molecule has 11 heteroatoms. The van der Waals surface area contributed by atoms with E-state index in [2.05, 4.69) is 4.90 Å². The van der Waals surface area contributed by atoms with Gasteiger partial charge in [0, 0.05) is 37.3 Å². The first-order valence-corrected chi connectivity index (χ1v) is 13.2. The molecule has 2 aromatic heterocycles. The number of amides is 1. The molecule has 0 saturated carbocycles. The van der Waals surface area contributed by atoms with Crippen molar-refractivity contribution in [3.05, 3.63) is 31.1 Å². The Labute approximate surface area is 191 Å². The fraction of sp³-hybridized carbons (Fsp3) is 0.474. The third-order valence-corrected chi connectivity index (χ3v) is 9.39. The van der Waals surface area contributed by atoms with E-state index in [4.69, 9.17) is 4.99 Å². The Balaban J connectivity index is 1.94. The average molecular weight is 483 g/mol. The number of aryl methyl sites for hydroxylation is 1. The van der Waals surface area contributed by atoms with E-state index in [0.29, 0.717) is 16.6 Å². The van der Waals surface area contributed by atoms with Gasteiger partial charge >= 0.3 is 5.13 Å². The van der Waals surface area contributed by atoms with Crippen molar-refractivity contribution in [1.82, 2.24) is 14.4 Å². The quantitative estimate of drug-likeness (QED) is 0.618. The van der Waals surface area contributed by atoms with Crippen molar-refractivity contribution in [2.24, 2.45) is 12.0 Å². The number of thioether (sulfide) groups is 2. The normalized spacial score (nSPS) is 22.3. The third-order valence-electron chi connectivity index (χ3n) is 4.88. The molecule has 2 aliphatic rings. The van der Waals surface area contributed by atoms with Gasteiger partial charge in [0.25, 0.3) is 16.6 Å². The first-order chi connectivity index (χ1) is 14.3. The van der Waals surface area contributed by atoms with Crippen LogP contribution in [-0.4, -0.2) is 50.8 Å². The number of rotatable bonds is 3. The maximum Gasteiger partial charge on any atom is 0.384 e. The molecule has 0 aliphatic carbocycles. The zero-order chi connectivity index (χ0) is 21.6. The minimum atomic E-state index is -0.0830. The molecule has 0 unspecified atom stereocenters. The van der Waals surface area contributed by atoms with Gasteiger partial charge in [0.2, 0.25) is 0 Å². The van der Waals surface area contributed by atoms with Gasteiger partial charge in [-0.05, 0) is 37.5 Å². The van der Waals surface area contributed by atoms with Gasteiger partial charge in [0.15, 0.2) is 0 Å². The second kappa shape index (κ2) is 8.52. The van der Waals surface area contributed by atoms with E-state index in [9.17, 15) is 9.59 Å². The second-order valence-electron chi connectivity index (χ2n) is 7.25. The van der Waals surface area contributed by atoms with Gasteiger partial charge in [-0.1, -0.05) is 11.3 Å². The Kier molecular flexibility index (Phi) is 6.16. The zero-order valence-electron chi connectivity index (χ0n) is 17.5. The smallest absolute Gasteiger partial charge is 0.367 e. The molecule has 2 aromatic rings. The van der Waals surface area contributed by atoms with Gasteiger partial charge in [0.1, 0.15) is 20.3 Å². The highest BCUT2D eigenvalue weighted by atomic mass is 32.2. The molecule has 1 amide bonds. The molecule has 0 bridgehead atoms. The Bertz CT molecular complexity index is 1210. The fourth-order valence-corrected chi connectivity index (χ4v) is 7.95. The molecule has 2 fully saturated rings. The molecule has 0 radical (unpaired) electrons. The van der Waals surface area contributed by atoms with Crippen LogP contribution in [0.1, 0.15) is 20.8 Å². The zero-order valence-corrected chi connectivity index (χ0v) is 20.8. The Morgan fingerprint density at radius 3 is 2.63 bits per heavy atom. The summed E-state index contributed by atoms with van der Waals surface area (Å²) in [7, 11) is 3.95. The van der Waals surface area contributed by atoms with Gasteiger partial charge in [-0.2, -0.15) is 0 Å². The van der Waals surface area contributed by atoms with Crippen molar-refractivity contribution >= 4 is 72.3 Å². The number of thiazole rings is 2. The predicted molar refractivity (Wildman–Crippen MR) is 128 cm³/mol. The lowest BCUT2D eigenvalue weighted by atomic mass is 10.3. The lowest BCUT2D eigenvalue weighted by Gasteiger charge is -2.16. The van der Waals surface area contributed by atoms with Gasteiger partial charge in [0.05, 0.1) is 12.1 Å². The molecular weight excluding hydrogens is 459 g/mol. The van der Waals surface area contributed by atoms with E-state index in [0.717, 1.165) is 31.7 Å². The van der Waals surface area contributed by atoms with Gasteiger partial charge in [-0.15, -0.1) is 23.1 Å². The molecule has 4 heterocycles. The first kappa shape index (κ1) is 21.7. The summed E-state index contributed by atoms with van der Waals surface area (Å²) in [4.78, 5) is 35.8. The summed E-state index contributed by atoms with van der Waals surface area (Å²) < 4.78 is 5.12. The highest BCUT2D eigenvalue weighted by Gasteiger charge is 2.40. The summed E-state index contributed by atoms with van der Waals surface area (Å²) in [6.45, 7) is 7.37. The molecule has 0 N–H and O–H groups in total. The highest BCUT2D eigenvalue weighted by molar-refractivity contribution is 8.23. The van der Waals surface area contributed by atoms with Crippen LogP contribution in [0.25, 0.3) is 9.93 Å². The average Bonchev–Trinajstić information content (AvgIpc) is 3.44. The molecular formula is C19H24N5O2S4+. The first-order valence-electron chi connectivity index (χ1n) is 9.68. The number of hydrogen-bond acceptors (Lipinski definition) is 8. The standard InChI is InChI=1S/C19H24N5O2S4/c1-6-23-14(25)12(16-21(4)7-9-27-16)29-17(23)13-15(26)24(11(2)3)19(30-13)20-18-22(5)8-10-28-18/h8,10-11H,6-7,9H2,1-5H3/q+1. The Hall–Kier alpha value is -1.56. The largest absolute Gasteiger partial charge is 0.384 e. The second-order valence-corrected chi connectivity index (χ2v) is 11.2. The molecule has 2 saturated heterocycles. The summed E-state index contributed by atoms with van der Waals surface area (Å²) in [5.41, 5.74) is -0.0132. The van der Waals surface area contributed by atoms with Gasteiger partial charge in [-0.25, -0.2) is 4.57 Å². The number of hydrogen-bond donors (Lipinski definition) is 0. The monoisotopic (exact) mass is 482 g/mol. The van der Waals surface area contributed by atoms with Crippen LogP contribution >= 0.6 is 46.2 Å². The van der Waals surface area contributed by atoms with Crippen LogP contribution in [-0.2, 0) is 18.4 Å². The van der Waals surface area contributed by atoms with Crippen LogP contribution in [0, 0.1) is 0 Å². The lowest BCUT2D eigenvalue weighted by Crippen LogP contribution is -2.37. The highest BCUT2D eigenvalue weighted by Crippen LogP contribution is 2.34. The molecule has 30 heavy (non-hydrogen) atoms. The molecule has 0 atom stereocenters. The fourth-order valence-electron chi connectivity index (χ4n) is 3.30. The van der Waals surface area contributed by atoms with Crippen LogP contribution < -0.4 is 19.3 Å².